The van der Waals surface area contributed by atoms with E-state index in [1.54, 1.807) is 32.2 Å². The Balaban J connectivity index is 1.70. The number of ether oxygens (including phenoxy) is 4. The van der Waals surface area contributed by atoms with E-state index >= 15 is 0 Å². The molecule has 0 saturated carbocycles. The smallest absolute Gasteiger partial charge is 0.275 e. The van der Waals surface area contributed by atoms with Crippen LogP contribution in [0.25, 0.3) is 0 Å². The van der Waals surface area contributed by atoms with E-state index in [-0.39, 0.29) is 35.3 Å². The quantitative estimate of drug-likeness (QED) is 0.276. The van der Waals surface area contributed by atoms with Crippen LogP contribution in [-0.2, 0) is 11.3 Å². The summed E-state index contributed by atoms with van der Waals surface area (Å²) in [6.45, 7) is 2.85. The molecule has 0 aliphatic carbocycles. The maximum atomic E-state index is 8.27. The fourth-order valence-corrected chi connectivity index (χ4v) is 2.47. The Labute approximate surface area is 177 Å². The van der Waals surface area contributed by atoms with E-state index in [9.17, 15) is 0 Å². The summed E-state index contributed by atoms with van der Waals surface area (Å²) in [5.41, 5.74) is 0.702. The van der Waals surface area contributed by atoms with E-state index < -0.39 is 0 Å². The lowest BCUT2D eigenvalue weighted by molar-refractivity contribution is 0.170. The molecule has 0 unspecified atom stereocenters. The monoisotopic (exact) mass is 429 g/mol. The normalized spacial score (nSPS) is 10.7. The van der Waals surface area contributed by atoms with Crippen molar-refractivity contribution in [2.24, 2.45) is 0 Å². The minimum absolute atomic E-state index is 0.0497. The van der Waals surface area contributed by atoms with Gasteiger partial charge in [0.25, 0.3) is 5.88 Å². The topological polar surface area (TPSA) is 154 Å². The fraction of sp³-hybridized carbons (Fsp3) is 0.368. The van der Waals surface area contributed by atoms with Gasteiger partial charge in [0.15, 0.2) is 22.8 Å². The number of rotatable bonds is 10. The van der Waals surface area contributed by atoms with Gasteiger partial charge in [0.2, 0.25) is 5.88 Å². The second-order valence-electron chi connectivity index (χ2n) is 6.33. The number of hydrogen-bond donors (Lipinski definition) is 2. The van der Waals surface area contributed by atoms with Gasteiger partial charge >= 0.3 is 0 Å². The summed E-state index contributed by atoms with van der Waals surface area (Å²) in [5, 5.41) is 32.5. The van der Waals surface area contributed by atoms with E-state index in [1.165, 1.54) is 13.2 Å². The Bertz CT molecular complexity index is 1080. The summed E-state index contributed by atoms with van der Waals surface area (Å²) in [6, 6.07) is 6.39. The summed E-state index contributed by atoms with van der Waals surface area (Å²) in [7, 11) is 3.07. The highest BCUT2D eigenvalue weighted by Crippen LogP contribution is 2.22. The van der Waals surface area contributed by atoms with E-state index in [4.69, 9.17) is 34.3 Å². The SMILES string of the molecule is COCCCOc1ccc(COc2nn(C(=N)c3cc(C)on3)c(=N)cc2OC)nn1. The molecular weight excluding hydrogens is 406 g/mol. The highest BCUT2D eigenvalue weighted by Gasteiger charge is 2.16. The molecule has 3 heterocycles. The third-order valence-electron chi connectivity index (χ3n) is 3.99. The molecule has 0 spiro atoms. The Hall–Kier alpha value is -3.80. The van der Waals surface area contributed by atoms with E-state index in [1.807, 2.05) is 0 Å². The van der Waals surface area contributed by atoms with Gasteiger partial charge in [-0.15, -0.1) is 15.3 Å². The number of aromatic nitrogens is 5. The van der Waals surface area contributed by atoms with Crippen molar-refractivity contribution < 1.29 is 23.5 Å². The van der Waals surface area contributed by atoms with E-state index in [0.717, 1.165) is 11.1 Å². The van der Waals surface area contributed by atoms with Crippen LogP contribution in [0.15, 0.2) is 28.8 Å². The predicted octanol–water partition coefficient (Wildman–Crippen LogP) is 1.33. The van der Waals surface area contributed by atoms with Crippen molar-refractivity contribution >= 4 is 5.84 Å². The van der Waals surface area contributed by atoms with Crippen LogP contribution in [0.5, 0.6) is 17.5 Å². The van der Waals surface area contributed by atoms with E-state index in [0.29, 0.717) is 30.5 Å². The van der Waals surface area contributed by atoms with Gasteiger partial charge in [-0.3, -0.25) is 10.8 Å². The maximum absolute atomic E-state index is 8.27. The Morgan fingerprint density at radius 2 is 1.97 bits per heavy atom. The molecule has 0 aromatic carbocycles. The fourth-order valence-electron chi connectivity index (χ4n) is 2.47. The summed E-state index contributed by atoms with van der Waals surface area (Å²) in [6.07, 6.45) is 0.753. The first-order valence-electron chi connectivity index (χ1n) is 9.34. The van der Waals surface area contributed by atoms with Crippen molar-refractivity contribution in [2.45, 2.75) is 20.0 Å². The summed E-state index contributed by atoms with van der Waals surface area (Å²) in [5.74, 6) is 1.15. The van der Waals surface area contributed by atoms with Gasteiger partial charge in [-0.25, -0.2) is 0 Å². The first-order chi connectivity index (χ1) is 15.0. The van der Waals surface area contributed by atoms with Crippen molar-refractivity contribution in [2.75, 3.05) is 27.4 Å². The van der Waals surface area contributed by atoms with Gasteiger partial charge in [-0.2, -0.15) is 4.68 Å². The Kier molecular flexibility index (Phi) is 7.27. The van der Waals surface area contributed by atoms with E-state index in [2.05, 4.69) is 20.5 Å². The highest BCUT2D eigenvalue weighted by molar-refractivity contribution is 5.95. The lowest BCUT2D eigenvalue weighted by atomic mass is 10.3. The highest BCUT2D eigenvalue weighted by atomic mass is 16.5. The van der Waals surface area contributed by atoms with Crippen LogP contribution >= 0.6 is 0 Å². The zero-order valence-electron chi connectivity index (χ0n) is 17.4. The number of nitrogens with zero attached hydrogens (tertiary/aromatic N) is 5. The summed E-state index contributed by atoms with van der Waals surface area (Å²) in [4.78, 5) is 0. The molecule has 164 valence electrons. The number of hydrogen-bond acceptors (Lipinski definition) is 11. The van der Waals surface area contributed by atoms with Gasteiger partial charge in [0, 0.05) is 38.3 Å². The Morgan fingerprint density at radius 3 is 2.61 bits per heavy atom. The van der Waals surface area contributed by atoms with Crippen LogP contribution in [0, 0.1) is 17.7 Å². The zero-order chi connectivity index (χ0) is 22.2. The second kappa shape index (κ2) is 10.3. The predicted molar refractivity (Wildman–Crippen MR) is 106 cm³/mol. The van der Waals surface area contributed by atoms with Gasteiger partial charge < -0.3 is 23.5 Å². The minimum Gasteiger partial charge on any atom is -0.491 e. The average molecular weight is 429 g/mol. The van der Waals surface area contributed by atoms with Gasteiger partial charge in [-0.05, 0) is 13.0 Å². The molecule has 3 aromatic rings. The molecule has 0 radical (unpaired) electrons. The molecule has 0 bridgehead atoms. The number of aryl methyl sites for hydroxylation is 1. The number of methoxy groups -OCH3 is 2. The molecular formula is C19H23N7O5. The van der Waals surface area contributed by atoms with Crippen LogP contribution in [-0.4, -0.2) is 58.4 Å². The van der Waals surface area contributed by atoms with Crippen molar-refractivity contribution in [3.8, 4) is 17.5 Å². The van der Waals surface area contributed by atoms with Crippen molar-refractivity contribution in [3.05, 3.63) is 46.9 Å². The second-order valence-corrected chi connectivity index (χ2v) is 6.33. The lowest BCUT2D eigenvalue weighted by Gasteiger charge is -2.12. The number of nitrogens with one attached hydrogen (secondary N) is 2. The molecule has 3 rings (SSSR count). The van der Waals surface area contributed by atoms with Crippen molar-refractivity contribution in [3.63, 3.8) is 0 Å². The molecule has 0 aliphatic heterocycles. The van der Waals surface area contributed by atoms with Crippen LogP contribution in [0.1, 0.15) is 23.6 Å². The third-order valence-corrected chi connectivity index (χ3v) is 3.99. The molecule has 0 fully saturated rings. The van der Waals surface area contributed by atoms with Crippen molar-refractivity contribution in [1.82, 2.24) is 25.1 Å². The zero-order valence-corrected chi connectivity index (χ0v) is 17.4. The van der Waals surface area contributed by atoms with Gasteiger partial charge in [0.05, 0.1) is 13.7 Å². The molecule has 0 aliphatic rings. The third kappa shape index (κ3) is 5.63. The molecule has 12 heteroatoms. The molecule has 12 nitrogen and oxygen atoms in total. The summed E-state index contributed by atoms with van der Waals surface area (Å²) < 4.78 is 27.5. The molecule has 2 N–H and O–H groups in total. The molecule has 0 saturated heterocycles. The standard InChI is InChI=1S/C19H23N7O5/c1-12-9-14(25-31-12)18(21)26-16(20)10-15(28-3)19(24-26)30-11-13-5-6-17(23-22-13)29-8-4-7-27-2/h5-6,9-10,20-21H,4,7-8,11H2,1-3H3. The van der Waals surface area contributed by atoms with Crippen molar-refractivity contribution in [1.29, 1.82) is 10.8 Å². The lowest BCUT2D eigenvalue weighted by Crippen LogP contribution is -2.30. The molecule has 0 amide bonds. The minimum atomic E-state index is -0.135. The van der Waals surface area contributed by atoms with Crippen LogP contribution in [0.3, 0.4) is 0 Å². The van der Waals surface area contributed by atoms with Crippen LogP contribution in [0.4, 0.5) is 0 Å². The van der Waals surface area contributed by atoms with Crippen LogP contribution in [0.2, 0.25) is 0 Å². The molecule has 3 aromatic heterocycles. The average Bonchev–Trinajstić information content (AvgIpc) is 3.22. The first kappa shape index (κ1) is 21.9. The van der Waals surface area contributed by atoms with Gasteiger partial charge in [0.1, 0.15) is 18.1 Å². The Morgan fingerprint density at radius 1 is 1.13 bits per heavy atom. The summed E-state index contributed by atoms with van der Waals surface area (Å²) >= 11 is 0. The molecule has 31 heavy (non-hydrogen) atoms. The first-order valence-corrected chi connectivity index (χ1v) is 9.34. The maximum Gasteiger partial charge on any atom is 0.275 e. The molecule has 0 atom stereocenters. The van der Waals surface area contributed by atoms with Crippen LogP contribution < -0.4 is 19.7 Å². The largest absolute Gasteiger partial charge is 0.491 e. The van der Waals surface area contributed by atoms with Gasteiger partial charge in [-0.1, -0.05) is 5.16 Å².